The van der Waals surface area contributed by atoms with Gasteiger partial charge >= 0.3 is 6.03 Å². The molecule has 1 aromatic carbocycles. The maximum atomic E-state index is 11.9. The van der Waals surface area contributed by atoms with E-state index < -0.39 is 0 Å². The Kier molecular flexibility index (Phi) is 7.85. The van der Waals surface area contributed by atoms with Gasteiger partial charge in [0.15, 0.2) is 0 Å². The van der Waals surface area contributed by atoms with E-state index in [1.165, 1.54) is 0 Å². The summed E-state index contributed by atoms with van der Waals surface area (Å²) < 4.78 is 11.3. The first-order valence-electron chi connectivity index (χ1n) is 8.83. The third kappa shape index (κ3) is 6.37. The third-order valence-corrected chi connectivity index (χ3v) is 4.16. The molecule has 0 radical (unpaired) electrons. The number of hydrogen-bond acceptors (Lipinski definition) is 4. The number of carbonyl (C=O) groups is 1. The molecule has 134 valence electrons. The molecular weight excluding hydrogens is 306 g/mol. The average Bonchev–Trinajstić information content (AvgIpc) is 3.11. The van der Waals surface area contributed by atoms with Gasteiger partial charge in [-0.2, -0.15) is 0 Å². The molecule has 1 heterocycles. The van der Waals surface area contributed by atoms with Crippen LogP contribution >= 0.6 is 0 Å². The lowest BCUT2D eigenvalue weighted by Crippen LogP contribution is -2.36. The molecular formula is C18H29N3O3. The van der Waals surface area contributed by atoms with Crippen molar-refractivity contribution in [2.75, 3.05) is 44.7 Å². The van der Waals surface area contributed by atoms with E-state index in [0.29, 0.717) is 13.2 Å². The van der Waals surface area contributed by atoms with Gasteiger partial charge in [0.05, 0.1) is 6.10 Å². The lowest BCUT2D eigenvalue weighted by molar-refractivity contribution is 0.0680. The summed E-state index contributed by atoms with van der Waals surface area (Å²) in [5, 5.41) is 5.71. The number of anilines is 1. The van der Waals surface area contributed by atoms with Crippen LogP contribution in [-0.4, -0.2) is 56.4 Å². The summed E-state index contributed by atoms with van der Waals surface area (Å²) in [7, 11) is 0. The van der Waals surface area contributed by atoms with Crippen molar-refractivity contribution in [3.05, 3.63) is 24.3 Å². The summed E-state index contributed by atoms with van der Waals surface area (Å²) >= 11 is 0. The molecule has 1 fully saturated rings. The Balaban J connectivity index is 1.73. The van der Waals surface area contributed by atoms with Crippen molar-refractivity contribution in [1.29, 1.82) is 0 Å². The van der Waals surface area contributed by atoms with Crippen molar-refractivity contribution in [2.45, 2.75) is 32.8 Å². The molecule has 1 aliphatic heterocycles. The van der Waals surface area contributed by atoms with E-state index in [0.717, 1.165) is 50.5 Å². The molecule has 1 atom stereocenters. The average molecular weight is 335 g/mol. The van der Waals surface area contributed by atoms with Gasteiger partial charge in [-0.05, 0) is 38.1 Å². The second-order valence-corrected chi connectivity index (χ2v) is 5.88. The number of amides is 2. The Morgan fingerprint density at radius 3 is 2.92 bits per heavy atom. The Morgan fingerprint density at radius 1 is 1.38 bits per heavy atom. The second-order valence-electron chi connectivity index (χ2n) is 5.88. The number of rotatable bonds is 9. The quantitative estimate of drug-likeness (QED) is 0.728. The van der Waals surface area contributed by atoms with Crippen molar-refractivity contribution < 1.29 is 14.3 Å². The Labute approximate surface area is 144 Å². The first kappa shape index (κ1) is 18.5. The fraction of sp³-hybridized carbons (Fsp3) is 0.611. The Morgan fingerprint density at radius 2 is 2.21 bits per heavy atom. The number of nitrogens with zero attached hydrogens (tertiary/aromatic N) is 1. The smallest absolute Gasteiger partial charge is 0.319 e. The predicted octanol–water partition coefficient (Wildman–Crippen LogP) is 2.71. The van der Waals surface area contributed by atoms with E-state index in [-0.39, 0.29) is 12.1 Å². The minimum atomic E-state index is -0.196. The largest absolute Gasteiger partial charge is 0.491 e. The number of benzene rings is 1. The molecule has 1 saturated heterocycles. The van der Waals surface area contributed by atoms with E-state index in [4.69, 9.17) is 9.47 Å². The number of urea groups is 1. The van der Waals surface area contributed by atoms with Crippen molar-refractivity contribution in [3.8, 4) is 5.75 Å². The maximum Gasteiger partial charge on any atom is 0.319 e. The van der Waals surface area contributed by atoms with E-state index in [9.17, 15) is 4.79 Å². The van der Waals surface area contributed by atoms with Crippen molar-refractivity contribution in [2.24, 2.45) is 0 Å². The zero-order chi connectivity index (χ0) is 17.2. The monoisotopic (exact) mass is 335 g/mol. The van der Waals surface area contributed by atoms with Gasteiger partial charge < -0.3 is 25.0 Å². The second kappa shape index (κ2) is 10.2. The minimum absolute atomic E-state index is 0.185. The number of likely N-dealkylation sites (N-methyl/N-ethyl adjacent to an activating group) is 1. The number of nitrogens with one attached hydrogen (secondary N) is 2. The van der Waals surface area contributed by atoms with Gasteiger partial charge in [-0.1, -0.05) is 19.9 Å². The lowest BCUT2D eigenvalue weighted by atomic mass is 10.2. The van der Waals surface area contributed by atoms with Crippen LogP contribution in [0.15, 0.2) is 24.3 Å². The highest BCUT2D eigenvalue weighted by atomic mass is 16.5. The first-order valence-corrected chi connectivity index (χ1v) is 8.83. The lowest BCUT2D eigenvalue weighted by Gasteiger charge is -2.18. The Hall–Kier alpha value is -1.79. The number of ether oxygens (including phenoxy) is 2. The van der Waals surface area contributed by atoms with Crippen LogP contribution in [0.5, 0.6) is 5.75 Å². The summed E-state index contributed by atoms with van der Waals surface area (Å²) in [6.45, 7) is 9.07. The molecule has 2 amide bonds. The summed E-state index contributed by atoms with van der Waals surface area (Å²) in [5.74, 6) is 0.742. The molecule has 0 aromatic heterocycles. The third-order valence-electron chi connectivity index (χ3n) is 4.16. The minimum Gasteiger partial charge on any atom is -0.491 e. The molecule has 0 aliphatic carbocycles. The van der Waals surface area contributed by atoms with Crippen molar-refractivity contribution >= 4 is 11.7 Å². The molecule has 6 nitrogen and oxygen atoms in total. The van der Waals surface area contributed by atoms with Crippen molar-refractivity contribution in [1.82, 2.24) is 10.2 Å². The number of carbonyl (C=O) groups excluding carboxylic acids is 1. The summed E-state index contributed by atoms with van der Waals surface area (Å²) in [6, 6.07) is 7.25. The van der Waals surface area contributed by atoms with Crippen LogP contribution < -0.4 is 15.4 Å². The van der Waals surface area contributed by atoms with E-state index in [1.807, 2.05) is 24.3 Å². The van der Waals surface area contributed by atoms with Gasteiger partial charge in [0.25, 0.3) is 0 Å². The summed E-state index contributed by atoms with van der Waals surface area (Å²) in [4.78, 5) is 14.2. The zero-order valence-electron chi connectivity index (χ0n) is 14.7. The van der Waals surface area contributed by atoms with Crippen LogP contribution in [0.4, 0.5) is 10.5 Å². The highest BCUT2D eigenvalue weighted by Gasteiger charge is 2.16. The highest BCUT2D eigenvalue weighted by molar-refractivity contribution is 5.89. The van der Waals surface area contributed by atoms with Crippen LogP contribution in [0.1, 0.15) is 26.7 Å². The van der Waals surface area contributed by atoms with E-state index in [1.54, 1.807) is 0 Å². The molecule has 2 rings (SSSR count). The fourth-order valence-corrected chi connectivity index (χ4v) is 2.67. The van der Waals surface area contributed by atoms with Gasteiger partial charge in [0.1, 0.15) is 12.4 Å². The van der Waals surface area contributed by atoms with E-state index in [2.05, 4.69) is 29.4 Å². The number of hydrogen-bond donors (Lipinski definition) is 2. The van der Waals surface area contributed by atoms with Crippen LogP contribution in [0.2, 0.25) is 0 Å². The molecule has 1 unspecified atom stereocenters. The molecule has 6 heteroatoms. The molecule has 24 heavy (non-hydrogen) atoms. The molecule has 0 bridgehead atoms. The van der Waals surface area contributed by atoms with Gasteiger partial charge in [-0.15, -0.1) is 0 Å². The van der Waals surface area contributed by atoms with Crippen molar-refractivity contribution in [3.63, 3.8) is 0 Å². The molecule has 2 N–H and O–H groups in total. The fourth-order valence-electron chi connectivity index (χ4n) is 2.67. The topological polar surface area (TPSA) is 62.8 Å². The SMILES string of the molecule is CCN(CC)CCNC(=O)Nc1cccc(OCC2CCCO2)c1. The van der Waals surface area contributed by atoms with Gasteiger partial charge in [0.2, 0.25) is 0 Å². The standard InChI is InChI=1S/C18H29N3O3/c1-3-21(4-2)11-10-19-18(22)20-15-7-5-8-16(13-15)24-14-17-9-6-12-23-17/h5,7-8,13,17H,3-4,6,9-12,14H2,1-2H3,(H2,19,20,22). The van der Waals surface area contributed by atoms with Gasteiger partial charge in [0, 0.05) is 31.5 Å². The predicted molar refractivity (Wildman–Crippen MR) is 95.7 cm³/mol. The maximum absolute atomic E-state index is 11.9. The first-order chi connectivity index (χ1) is 11.7. The van der Waals surface area contributed by atoms with Crippen LogP contribution in [0, 0.1) is 0 Å². The summed E-state index contributed by atoms with van der Waals surface area (Å²) in [5.41, 5.74) is 0.722. The van der Waals surface area contributed by atoms with E-state index >= 15 is 0 Å². The molecule has 0 saturated carbocycles. The van der Waals surface area contributed by atoms with Crippen LogP contribution in [-0.2, 0) is 4.74 Å². The zero-order valence-corrected chi connectivity index (χ0v) is 14.7. The van der Waals surface area contributed by atoms with Gasteiger partial charge in [-0.25, -0.2) is 4.79 Å². The molecule has 0 spiro atoms. The molecule has 1 aromatic rings. The Bertz CT molecular complexity index is 500. The van der Waals surface area contributed by atoms with Crippen LogP contribution in [0.25, 0.3) is 0 Å². The summed E-state index contributed by atoms with van der Waals surface area (Å²) in [6.07, 6.45) is 2.33. The highest BCUT2D eigenvalue weighted by Crippen LogP contribution is 2.19. The molecule has 1 aliphatic rings. The van der Waals surface area contributed by atoms with Gasteiger partial charge in [-0.3, -0.25) is 0 Å². The normalized spacial score (nSPS) is 17.0. The van der Waals surface area contributed by atoms with Crippen LogP contribution in [0.3, 0.4) is 0 Å².